The molecule has 0 unspecified atom stereocenters. The van der Waals surface area contributed by atoms with Crippen molar-refractivity contribution in [1.29, 1.82) is 0 Å². The standard InChI is InChI=1S/C26H19FN6O/c27-18-4-6-23-22(15-18)24(10-13-29-23)31-20-3-1-2-17(14-20)26(34)33-21-5-7-25(30-16-21)32-19-8-11-28-12-9-19/h1-16H,(H,29,31)(H,33,34)(H,28,30,32). The lowest BCUT2D eigenvalue weighted by atomic mass is 10.1. The van der Waals surface area contributed by atoms with Gasteiger partial charge < -0.3 is 16.0 Å². The van der Waals surface area contributed by atoms with E-state index in [1.54, 1.807) is 67.3 Å². The van der Waals surface area contributed by atoms with Gasteiger partial charge >= 0.3 is 0 Å². The van der Waals surface area contributed by atoms with Crippen molar-refractivity contribution in [2.75, 3.05) is 16.0 Å². The summed E-state index contributed by atoms with van der Waals surface area (Å²) in [6, 6.07) is 20.5. The highest BCUT2D eigenvalue weighted by Crippen LogP contribution is 2.26. The Kier molecular flexibility index (Phi) is 5.77. The minimum Gasteiger partial charge on any atom is -0.355 e. The second-order valence-corrected chi connectivity index (χ2v) is 7.47. The molecule has 3 aromatic heterocycles. The van der Waals surface area contributed by atoms with Crippen molar-refractivity contribution in [1.82, 2.24) is 15.0 Å². The molecule has 8 heteroatoms. The highest BCUT2D eigenvalue weighted by atomic mass is 19.1. The maximum atomic E-state index is 13.7. The van der Waals surface area contributed by atoms with E-state index in [2.05, 4.69) is 30.9 Å². The number of hydrogen-bond acceptors (Lipinski definition) is 6. The van der Waals surface area contributed by atoms with Crippen LogP contribution in [0.1, 0.15) is 10.4 Å². The molecule has 0 aliphatic carbocycles. The van der Waals surface area contributed by atoms with Gasteiger partial charge in [-0.25, -0.2) is 9.37 Å². The Balaban J connectivity index is 1.29. The molecule has 5 rings (SSSR count). The molecule has 0 fully saturated rings. The summed E-state index contributed by atoms with van der Waals surface area (Å²) in [5, 5.41) is 9.92. The summed E-state index contributed by atoms with van der Waals surface area (Å²) < 4.78 is 13.7. The van der Waals surface area contributed by atoms with Crippen LogP contribution in [0.4, 0.5) is 33.0 Å². The number of aromatic nitrogens is 3. The van der Waals surface area contributed by atoms with Crippen LogP contribution in [0.3, 0.4) is 0 Å². The van der Waals surface area contributed by atoms with E-state index < -0.39 is 0 Å². The Labute approximate surface area is 194 Å². The first-order chi connectivity index (χ1) is 16.6. The highest BCUT2D eigenvalue weighted by Gasteiger charge is 2.09. The van der Waals surface area contributed by atoms with Crippen molar-refractivity contribution in [3.8, 4) is 0 Å². The first-order valence-electron chi connectivity index (χ1n) is 10.5. The lowest BCUT2D eigenvalue weighted by Gasteiger charge is -2.11. The van der Waals surface area contributed by atoms with E-state index >= 15 is 0 Å². The van der Waals surface area contributed by atoms with Crippen molar-refractivity contribution in [2.45, 2.75) is 0 Å². The molecule has 3 heterocycles. The molecule has 1 amide bonds. The van der Waals surface area contributed by atoms with E-state index in [0.717, 1.165) is 5.69 Å². The Morgan fingerprint density at radius 1 is 0.765 bits per heavy atom. The van der Waals surface area contributed by atoms with E-state index in [0.29, 0.717) is 39.3 Å². The van der Waals surface area contributed by atoms with E-state index in [4.69, 9.17) is 0 Å². The Hall–Kier alpha value is -4.85. The van der Waals surface area contributed by atoms with E-state index in [-0.39, 0.29) is 11.7 Å². The predicted octanol–water partition coefficient (Wildman–Crippen LogP) is 5.90. The fourth-order valence-corrected chi connectivity index (χ4v) is 3.45. The number of nitrogens with zero attached hydrogens (tertiary/aromatic N) is 3. The summed E-state index contributed by atoms with van der Waals surface area (Å²) in [5.41, 5.74) is 3.97. The molecule has 2 aromatic carbocycles. The summed E-state index contributed by atoms with van der Waals surface area (Å²) in [6.45, 7) is 0. The molecule has 7 nitrogen and oxygen atoms in total. The van der Waals surface area contributed by atoms with Gasteiger partial charge in [0.05, 0.1) is 17.4 Å². The largest absolute Gasteiger partial charge is 0.355 e. The third-order valence-electron chi connectivity index (χ3n) is 5.08. The molecule has 0 aliphatic rings. The topological polar surface area (TPSA) is 91.8 Å². The first kappa shape index (κ1) is 21.0. The summed E-state index contributed by atoms with van der Waals surface area (Å²) in [7, 11) is 0. The SMILES string of the molecule is O=C(Nc1ccc(Nc2ccncc2)nc1)c1cccc(Nc2ccnc3ccc(F)cc23)c1. The first-order valence-corrected chi connectivity index (χ1v) is 10.5. The molecule has 0 bridgehead atoms. The summed E-state index contributed by atoms with van der Waals surface area (Å²) in [4.78, 5) is 25.4. The minimum absolute atomic E-state index is 0.272. The monoisotopic (exact) mass is 450 g/mol. The van der Waals surface area contributed by atoms with E-state index in [1.807, 2.05) is 18.2 Å². The van der Waals surface area contributed by atoms with Crippen LogP contribution in [-0.4, -0.2) is 20.9 Å². The third kappa shape index (κ3) is 4.81. The predicted molar refractivity (Wildman–Crippen MR) is 131 cm³/mol. The van der Waals surface area contributed by atoms with Gasteiger partial charge in [-0.1, -0.05) is 6.07 Å². The third-order valence-corrected chi connectivity index (χ3v) is 5.08. The second kappa shape index (κ2) is 9.33. The van der Waals surface area contributed by atoms with Crippen molar-refractivity contribution >= 4 is 45.4 Å². The van der Waals surface area contributed by atoms with Crippen LogP contribution in [0.2, 0.25) is 0 Å². The number of hydrogen-bond donors (Lipinski definition) is 3. The molecule has 166 valence electrons. The molecule has 5 aromatic rings. The molecule has 34 heavy (non-hydrogen) atoms. The number of fused-ring (bicyclic) bond motifs is 1. The molecule has 0 radical (unpaired) electrons. The van der Waals surface area contributed by atoms with Crippen LogP contribution >= 0.6 is 0 Å². The van der Waals surface area contributed by atoms with Crippen molar-refractivity contribution in [2.24, 2.45) is 0 Å². The molecular weight excluding hydrogens is 431 g/mol. The van der Waals surface area contributed by atoms with Gasteiger partial charge in [0.1, 0.15) is 11.6 Å². The number of carbonyl (C=O) groups excluding carboxylic acids is 1. The van der Waals surface area contributed by atoms with Crippen LogP contribution < -0.4 is 16.0 Å². The maximum Gasteiger partial charge on any atom is 0.255 e. The van der Waals surface area contributed by atoms with Crippen molar-refractivity contribution < 1.29 is 9.18 Å². The molecule has 0 spiro atoms. The van der Waals surface area contributed by atoms with Crippen molar-refractivity contribution in [3.63, 3.8) is 0 Å². The Bertz CT molecular complexity index is 1460. The highest BCUT2D eigenvalue weighted by molar-refractivity contribution is 6.05. The normalized spacial score (nSPS) is 10.6. The second-order valence-electron chi connectivity index (χ2n) is 7.47. The zero-order valence-corrected chi connectivity index (χ0v) is 17.9. The van der Waals surface area contributed by atoms with Gasteiger partial charge in [0.25, 0.3) is 5.91 Å². The molecular formula is C26H19FN6O. The van der Waals surface area contributed by atoms with Gasteiger partial charge in [-0.15, -0.1) is 0 Å². The Morgan fingerprint density at radius 2 is 1.65 bits per heavy atom. The maximum absolute atomic E-state index is 13.7. The van der Waals surface area contributed by atoms with Gasteiger partial charge in [-0.3, -0.25) is 14.8 Å². The van der Waals surface area contributed by atoms with Gasteiger partial charge in [0.2, 0.25) is 0 Å². The number of halogens is 1. The van der Waals surface area contributed by atoms with Crippen LogP contribution in [0, 0.1) is 5.82 Å². The van der Waals surface area contributed by atoms with Gasteiger partial charge in [0, 0.05) is 46.6 Å². The zero-order chi connectivity index (χ0) is 23.3. The lowest BCUT2D eigenvalue weighted by molar-refractivity contribution is 0.102. The average molecular weight is 450 g/mol. The molecule has 0 aliphatic heterocycles. The fraction of sp³-hybridized carbons (Fsp3) is 0. The number of benzene rings is 2. The lowest BCUT2D eigenvalue weighted by Crippen LogP contribution is -2.12. The van der Waals surface area contributed by atoms with Crippen molar-refractivity contribution in [3.05, 3.63) is 109 Å². The number of amides is 1. The molecule has 0 atom stereocenters. The van der Waals surface area contributed by atoms with E-state index in [9.17, 15) is 9.18 Å². The molecule has 0 saturated carbocycles. The van der Waals surface area contributed by atoms with Crippen LogP contribution in [-0.2, 0) is 0 Å². The minimum atomic E-state index is -0.340. The number of carbonyl (C=O) groups is 1. The average Bonchev–Trinajstić information content (AvgIpc) is 2.86. The number of anilines is 5. The summed E-state index contributed by atoms with van der Waals surface area (Å²) >= 11 is 0. The number of nitrogens with one attached hydrogen (secondary N) is 3. The van der Waals surface area contributed by atoms with Crippen LogP contribution in [0.5, 0.6) is 0 Å². The smallest absolute Gasteiger partial charge is 0.255 e. The number of rotatable bonds is 6. The number of pyridine rings is 3. The summed E-state index contributed by atoms with van der Waals surface area (Å²) in [5.74, 6) is 0.0367. The van der Waals surface area contributed by atoms with E-state index in [1.165, 1.54) is 12.1 Å². The zero-order valence-electron chi connectivity index (χ0n) is 17.9. The fourth-order valence-electron chi connectivity index (χ4n) is 3.45. The Morgan fingerprint density at radius 3 is 2.47 bits per heavy atom. The summed E-state index contributed by atoms with van der Waals surface area (Å²) in [6.07, 6.45) is 6.62. The molecule has 3 N–H and O–H groups in total. The van der Waals surface area contributed by atoms with Crippen LogP contribution in [0.25, 0.3) is 10.9 Å². The quantitative estimate of drug-likeness (QED) is 0.298. The molecule has 0 saturated heterocycles. The van der Waals surface area contributed by atoms with Gasteiger partial charge in [-0.05, 0) is 66.7 Å². The van der Waals surface area contributed by atoms with Gasteiger partial charge in [-0.2, -0.15) is 0 Å². The van der Waals surface area contributed by atoms with Gasteiger partial charge in [0.15, 0.2) is 0 Å². The van der Waals surface area contributed by atoms with Crippen LogP contribution in [0.15, 0.2) is 97.6 Å².